The van der Waals surface area contributed by atoms with E-state index in [0.717, 1.165) is 52.9 Å². The van der Waals surface area contributed by atoms with Gasteiger partial charge < -0.3 is 19.7 Å². The van der Waals surface area contributed by atoms with Gasteiger partial charge in [-0.15, -0.1) is 0 Å². The number of nitrogens with one attached hydrogen (secondary N) is 1. The van der Waals surface area contributed by atoms with E-state index >= 15 is 0 Å². The molecule has 2 aliphatic rings. The Hall–Kier alpha value is -3.52. The summed E-state index contributed by atoms with van der Waals surface area (Å²) in [5.41, 5.74) is 2.52. The second kappa shape index (κ2) is 8.61. The van der Waals surface area contributed by atoms with Gasteiger partial charge in [0.15, 0.2) is 0 Å². The molecule has 3 heterocycles. The number of hydrogen-bond donors (Lipinski definition) is 2. The molecular formula is C27H32N4O4. The number of hydrogen-bond acceptors (Lipinski definition) is 5. The van der Waals surface area contributed by atoms with Crippen LogP contribution in [-0.2, 0) is 11.2 Å². The number of methoxy groups -OCH3 is 1. The third-order valence-corrected chi connectivity index (χ3v) is 7.30. The van der Waals surface area contributed by atoms with Crippen LogP contribution in [-0.4, -0.2) is 76.6 Å². The van der Waals surface area contributed by atoms with Crippen molar-refractivity contribution in [2.24, 2.45) is 0 Å². The number of phenols is 1. The Bertz CT molecular complexity index is 1300. The lowest BCUT2D eigenvalue weighted by Gasteiger charge is -2.42. The molecule has 8 heteroatoms. The molecule has 35 heavy (non-hydrogen) atoms. The van der Waals surface area contributed by atoms with Gasteiger partial charge in [0, 0.05) is 29.6 Å². The van der Waals surface area contributed by atoms with E-state index in [1.54, 1.807) is 30.2 Å². The van der Waals surface area contributed by atoms with Gasteiger partial charge in [-0.1, -0.05) is 12.1 Å². The largest absolute Gasteiger partial charge is 0.508 e. The van der Waals surface area contributed by atoms with Gasteiger partial charge in [0.05, 0.1) is 7.11 Å². The molecule has 2 N–H and O–H groups in total. The number of nitrogens with zero attached hydrogens (tertiary/aromatic N) is 3. The molecule has 3 aromatic rings. The Balaban J connectivity index is 1.61. The molecular weight excluding hydrogens is 444 g/mol. The highest BCUT2D eigenvalue weighted by Crippen LogP contribution is 2.49. The van der Waals surface area contributed by atoms with Crippen molar-refractivity contribution in [3.63, 3.8) is 0 Å². The van der Waals surface area contributed by atoms with Gasteiger partial charge in [-0.2, -0.15) is 0 Å². The van der Waals surface area contributed by atoms with Crippen LogP contribution in [0.1, 0.15) is 42.6 Å². The molecule has 2 aliphatic heterocycles. The van der Waals surface area contributed by atoms with Crippen molar-refractivity contribution in [3.05, 3.63) is 59.3 Å². The smallest absolute Gasteiger partial charge is 0.328 e. The van der Waals surface area contributed by atoms with Crippen LogP contribution in [0.4, 0.5) is 4.79 Å². The molecule has 0 bridgehead atoms. The van der Waals surface area contributed by atoms with E-state index in [4.69, 9.17) is 4.74 Å². The second-order valence-corrected chi connectivity index (χ2v) is 10.00. The third-order valence-electron chi connectivity index (χ3n) is 7.30. The number of unbranched alkanes of at least 4 members (excludes halogenated alkanes) is 1. The van der Waals surface area contributed by atoms with Crippen LogP contribution >= 0.6 is 0 Å². The Morgan fingerprint density at radius 2 is 1.97 bits per heavy atom. The predicted octanol–water partition coefficient (Wildman–Crippen LogP) is 3.89. The minimum Gasteiger partial charge on any atom is -0.508 e. The molecule has 0 aliphatic carbocycles. The van der Waals surface area contributed by atoms with Crippen LogP contribution in [0.3, 0.4) is 0 Å². The lowest BCUT2D eigenvalue weighted by Crippen LogP contribution is -2.53. The molecule has 0 radical (unpaired) electrons. The summed E-state index contributed by atoms with van der Waals surface area (Å²) in [6.45, 7) is 3.17. The normalized spacial score (nSPS) is 21.7. The van der Waals surface area contributed by atoms with Crippen LogP contribution in [0.2, 0.25) is 0 Å². The summed E-state index contributed by atoms with van der Waals surface area (Å²) in [4.78, 5) is 36.3. The van der Waals surface area contributed by atoms with Crippen LogP contribution in [0, 0.1) is 0 Å². The van der Waals surface area contributed by atoms with E-state index < -0.39 is 11.6 Å². The van der Waals surface area contributed by atoms with E-state index in [1.165, 1.54) is 4.90 Å². The lowest BCUT2D eigenvalue weighted by atomic mass is 9.81. The summed E-state index contributed by atoms with van der Waals surface area (Å²) in [6.07, 6.45) is 2.06. The van der Waals surface area contributed by atoms with E-state index in [2.05, 4.69) is 9.88 Å². The number of aromatic hydroxyl groups is 1. The van der Waals surface area contributed by atoms with Gasteiger partial charge in [-0.05, 0) is 81.9 Å². The molecule has 0 saturated carbocycles. The lowest BCUT2D eigenvalue weighted by molar-refractivity contribution is -0.133. The summed E-state index contributed by atoms with van der Waals surface area (Å²) in [6, 6.07) is 12.0. The number of carbonyl (C=O) groups is 2. The van der Waals surface area contributed by atoms with E-state index in [1.807, 2.05) is 45.3 Å². The molecule has 8 nitrogen and oxygen atoms in total. The monoisotopic (exact) mass is 476 g/mol. The molecule has 184 valence electrons. The number of benzene rings is 2. The molecule has 5 rings (SSSR count). The molecule has 1 fully saturated rings. The summed E-state index contributed by atoms with van der Waals surface area (Å²) in [5.74, 6) is 0.685. The second-order valence-electron chi connectivity index (χ2n) is 10.00. The Labute approximate surface area is 205 Å². The van der Waals surface area contributed by atoms with Gasteiger partial charge >= 0.3 is 6.03 Å². The summed E-state index contributed by atoms with van der Waals surface area (Å²) < 4.78 is 5.46. The number of carbonyl (C=O) groups excluding carboxylic acids is 2. The van der Waals surface area contributed by atoms with Gasteiger partial charge in [0.2, 0.25) is 0 Å². The quantitative estimate of drug-likeness (QED) is 0.399. The topological polar surface area (TPSA) is 89.1 Å². The SMILES string of the molecule is COc1ccc2[nH]c3c(c2c1)C[C@@]1(C)C(=O)N(CCCCN(C)C)C(=O)N1[C@@H]3c1cccc(O)c1. The zero-order chi connectivity index (χ0) is 24.9. The van der Waals surface area contributed by atoms with E-state index in [9.17, 15) is 14.7 Å². The van der Waals surface area contributed by atoms with Crippen molar-refractivity contribution in [3.8, 4) is 11.5 Å². The standard InChI is InChI=1S/C27H32N4O4/c1-27-16-21-20-15-19(35-4)10-11-22(20)28-23(21)24(17-8-7-9-18(32)14-17)31(27)26(34)30(25(27)33)13-6-5-12-29(2)3/h7-11,14-15,24,28,32H,5-6,12-13,16H2,1-4H3/t24-,27+/m1/s1. The maximum atomic E-state index is 13.8. The van der Waals surface area contributed by atoms with Gasteiger partial charge in [-0.25, -0.2) is 4.79 Å². The Morgan fingerprint density at radius 1 is 1.17 bits per heavy atom. The van der Waals surface area contributed by atoms with Crippen molar-refractivity contribution < 1.29 is 19.4 Å². The minimum atomic E-state index is -1.03. The highest BCUT2D eigenvalue weighted by molar-refractivity contribution is 6.08. The van der Waals surface area contributed by atoms with E-state index in [0.29, 0.717) is 13.0 Å². The number of aromatic nitrogens is 1. The average Bonchev–Trinajstić information content (AvgIpc) is 3.27. The minimum absolute atomic E-state index is 0.118. The van der Waals surface area contributed by atoms with Crippen LogP contribution in [0.25, 0.3) is 10.9 Å². The number of H-pyrrole nitrogens is 1. The average molecular weight is 477 g/mol. The third kappa shape index (κ3) is 3.72. The van der Waals surface area contributed by atoms with Crippen molar-refractivity contribution >= 4 is 22.8 Å². The molecule has 1 saturated heterocycles. The number of ether oxygens (including phenoxy) is 1. The number of fused-ring (bicyclic) bond motifs is 4. The number of urea groups is 1. The van der Waals surface area contributed by atoms with Crippen LogP contribution < -0.4 is 4.74 Å². The maximum Gasteiger partial charge on any atom is 0.328 e. The number of aromatic amines is 1. The zero-order valence-electron chi connectivity index (χ0n) is 20.7. The molecule has 0 spiro atoms. The van der Waals surface area contributed by atoms with Gasteiger partial charge in [0.1, 0.15) is 23.1 Å². The fourth-order valence-corrected chi connectivity index (χ4v) is 5.56. The Kier molecular flexibility index (Phi) is 5.71. The van der Waals surface area contributed by atoms with Crippen molar-refractivity contribution in [1.29, 1.82) is 0 Å². The number of rotatable bonds is 7. The fraction of sp³-hybridized carbons (Fsp3) is 0.407. The zero-order valence-corrected chi connectivity index (χ0v) is 20.7. The first-order valence-electron chi connectivity index (χ1n) is 12.0. The van der Waals surface area contributed by atoms with Crippen molar-refractivity contribution in [2.75, 3.05) is 34.3 Å². The first-order chi connectivity index (χ1) is 16.7. The first kappa shape index (κ1) is 23.2. The Morgan fingerprint density at radius 3 is 2.69 bits per heavy atom. The maximum absolute atomic E-state index is 13.8. The molecule has 2 aromatic carbocycles. The van der Waals surface area contributed by atoms with Crippen molar-refractivity contribution in [2.45, 2.75) is 37.8 Å². The predicted molar refractivity (Wildman–Crippen MR) is 134 cm³/mol. The van der Waals surface area contributed by atoms with Crippen molar-refractivity contribution in [1.82, 2.24) is 19.7 Å². The summed E-state index contributed by atoms with van der Waals surface area (Å²) in [5, 5.41) is 11.2. The number of imide groups is 1. The highest BCUT2D eigenvalue weighted by atomic mass is 16.5. The number of phenolic OH excluding ortho intramolecular Hbond substituents is 1. The number of amides is 3. The van der Waals surface area contributed by atoms with E-state index in [-0.39, 0.29) is 17.7 Å². The van der Waals surface area contributed by atoms with Gasteiger partial charge in [0.25, 0.3) is 5.91 Å². The molecule has 3 amide bonds. The van der Waals surface area contributed by atoms with Crippen LogP contribution in [0.5, 0.6) is 11.5 Å². The summed E-state index contributed by atoms with van der Waals surface area (Å²) in [7, 11) is 5.66. The molecule has 0 unspecified atom stereocenters. The fourth-order valence-electron chi connectivity index (χ4n) is 5.56. The molecule has 2 atom stereocenters. The van der Waals surface area contributed by atoms with Gasteiger partial charge in [-0.3, -0.25) is 14.6 Å². The first-order valence-corrected chi connectivity index (χ1v) is 12.0. The van der Waals surface area contributed by atoms with Crippen LogP contribution in [0.15, 0.2) is 42.5 Å². The molecule has 1 aromatic heterocycles. The summed E-state index contributed by atoms with van der Waals surface area (Å²) >= 11 is 0. The highest BCUT2D eigenvalue weighted by Gasteiger charge is 2.60.